The fourth-order valence-electron chi connectivity index (χ4n) is 2.93. The second-order valence-electron chi connectivity index (χ2n) is 6.30. The summed E-state index contributed by atoms with van der Waals surface area (Å²) in [6, 6.07) is 12.4. The van der Waals surface area contributed by atoms with Crippen LogP contribution in [-0.2, 0) is 11.3 Å². The normalized spacial score (nSPS) is 10.7. The third-order valence-electron chi connectivity index (χ3n) is 4.26. The van der Waals surface area contributed by atoms with Crippen molar-refractivity contribution < 1.29 is 9.53 Å². The van der Waals surface area contributed by atoms with Gasteiger partial charge in [-0.2, -0.15) is 0 Å². The first-order valence-corrected chi connectivity index (χ1v) is 8.65. The minimum absolute atomic E-state index is 0.262. The molecular formula is C20H21N3O4. The minimum atomic E-state index is -0.410. The summed E-state index contributed by atoms with van der Waals surface area (Å²) < 4.78 is 6.75. The molecule has 7 nitrogen and oxygen atoms in total. The second-order valence-corrected chi connectivity index (χ2v) is 6.30. The Morgan fingerprint density at radius 3 is 2.41 bits per heavy atom. The zero-order chi connectivity index (χ0) is 19.4. The molecule has 3 aromatic rings. The number of hydrogen-bond donors (Lipinski definition) is 2. The zero-order valence-corrected chi connectivity index (χ0v) is 15.2. The molecule has 0 spiro atoms. The molecule has 140 valence electrons. The number of carbonyl (C=O) groups excluding carboxylic acids is 1. The lowest BCUT2D eigenvalue weighted by Gasteiger charge is -2.12. The van der Waals surface area contributed by atoms with Crippen LogP contribution in [0, 0.1) is 13.8 Å². The van der Waals surface area contributed by atoms with Gasteiger partial charge >= 0.3 is 0 Å². The highest BCUT2D eigenvalue weighted by molar-refractivity contribution is 5.81. The van der Waals surface area contributed by atoms with E-state index in [0.29, 0.717) is 18.5 Å². The molecule has 0 atom stereocenters. The van der Waals surface area contributed by atoms with Crippen LogP contribution in [0.25, 0.3) is 10.8 Å². The third-order valence-corrected chi connectivity index (χ3v) is 4.26. The highest BCUT2D eigenvalue weighted by Gasteiger charge is 2.10. The van der Waals surface area contributed by atoms with E-state index >= 15 is 0 Å². The van der Waals surface area contributed by atoms with E-state index in [0.717, 1.165) is 21.6 Å². The van der Waals surface area contributed by atoms with Gasteiger partial charge in [-0.1, -0.05) is 30.3 Å². The number of fused-ring (bicyclic) bond motifs is 1. The quantitative estimate of drug-likeness (QED) is 0.646. The molecule has 0 saturated heterocycles. The Kier molecular flexibility index (Phi) is 5.40. The number of ether oxygens (including phenoxy) is 1. The predicted molar refractivity (Wildman–Crippen MR) is 103 cm³/mol. The van der Waals surface area contributed by atoms with E-state index in [1.54, 1.807) is 24.3 Å². The average Bonchev–Trinajstić information content (AvgIpc) is 2.65. The summed E-state index contributed by atoms with van der Waals surface area (Å²) in [5.41, 5.74) is 1.24. The molecule has 0 saturated carbocycles. The SMILES string of the molecule is Cc1cccc(C)c1OCCNC(=O)Cn1[nH]c(=O)c2ccccc2c1=O. The van der Waals surface area contributed by atoms with Gasteiger partial charge in [0.1, 0.15) is 18.9 Å². The summed E-state index contributed by atoms with van der Waals surface area (Å²) in [5, 5.41) is 5.72. The van der Waals surface area contributed by atoms with E-state index in [1.807, 2.05) is 32.0 Å². The summed E-state index contributed by atoms with van der Waals surface area (Å²) in [4.78, 5) is 36.6. The number of nitrogens with zero attached hydrogens (tertiary/aromatic N) is 1. The summed E-state index contributed by atoms with van der Waals surface area (Å²) in [5.74, 6) is 0.426. The second kappa shape index (κ2) is 7.90. The van der Waals surface area contributed by atoms with E-state index in [-0.39, 0.29) is 17.8 Å². The fourth-order valence-corrected chi connectivity index (χ4v) is 2.93. The molecule has 0 aliphatic carbocycles. The van der Waals surface area contributed by atoms with E-state index in [2.05, 4.69) is 10.4 Å². The van der Waals surface area contributed by atoms with Crippen molar-refractivity contribution in [2.75, 3.05) is 13.2 Å². The molecule has 3 rings (SSSR count). The molecule has 1 amide bonds. The molecule has 0 aliphatic heterocycles. The van der Waals surface area contributed by atoms with Gasteiger partial charge < -0.3 is 10.1 Å². The predicted octanol–water partition coefficient (Wildman–Crippen LogP) is 1.50. The van der Waals surface area contributed by atoms with Gasteiger partial charge in [0.05, 0.1) is 17.3 Å². The van der Waals surface area contributed by atoms with Crippen molar-refractivity contribution in [3.63, 3.8) is 0 Å². The maximum Gasteiger partial charge on any atom is 0.273 e. The minimum Gasteiger partial charge on any atom is -0.491 e. The van der Waals surface area contributed by atoms with Crippen LogP contribution in [-0.4, -0.2) is 28.8 Å². The van der Waals surface area contributed by atoms with E-state index < -0.39 is 11.1 Å². The third kappa shape index (κ3) is 4.08. The molecule has 2 aromatic carbocycles. The molecule has 0 fully saturated rings. The number of aromatic amines is 1. The van der Waals surface area contributed by atoms with Gasteiger partial charge in [0.2, 0.25) is 5.91 Å². The molecule has 1 aromatic heterocycles. The molecule has 1 heterocycles. The van der Waals surface area contributed by atoms with E-state index in [1.165, 1.54) is 0 Å². The van der Waals surface area contributed by atoms with Gasteiger partial charge in [0.25, 0.3) is 11.1 Å². The van der Waals surface area contributed by atoms with Crippen LogP contribution in [0.5, 0.6) is 5.75 Å². The van der Waals surface area contributed by atoms with E-state index in [9.17, 15) is 14.4 Å². The Labute approximate surface area is 155 Å². The molecule has 0 bridgehead atoms. The van der Waals surface area contributed by atoms with Gasteiger partial charge in [-0.15, -0.1) is 0 Å². The lowest BCUT2D eigenvalue weighted by molar-refractivity contribution is -0.122. The average molecular weight is 367 g/mol. The van der Waals surface area contributed by atoms with Crippen molar-refractivity contribution >= 4 is 16.7 Å². The highest BCUT2D eigenvalue weighted by atomic mass is 16.5. The molecular weight excluding hydrogens is 346 g/mol. The van der Waals surface area contributed by atoms with E-state index in [4.69, 9.17) is 4.74 Å². The van der Waals surface area contributed by atoms with Crippen molar-refractivity contribution in [1.82, 2.24) is 15.1 Å². The van der Waals surface area contributed by atoms with Gasteiger partial charge in [-0.05, 0) is 37.1 Å². The van der Waals surface area contributed by atoms with Crippen molar-refractivity contribution in [2.45, 2.75) is 20.4 Å². The highest BCUT2D eigenvalue weighted by Crippen LogP contribution is 2.21. The Bertz CT molecular complexity index is 1080. The monoisotopic (exact) mass is 367 g/mol. The zero-order valence-electron chi connectivity index (χ0n) is 15.2. The van der Waals surface area contributed by atoms with Crippen LogP contribution < -0.4 is 21.2 Å². The van der Waals surface area contributed by atoms with Crippen molar-refractivity contribution in [1.29, 1.82) is 0 Å². The summed E-state index contributed by atoms with van der Waals surface area (Å²) in [6.45, 7) is 4.26. The van der Waals surface area contributed by atoms with Crippen LogP contribution >= 0.6 is 0 Å². The first kappa shape index (κ1) is 18.4. The van der Waals surface area contributed by atoms with Crippen molar-refractivity contribution in [2.24, 2.45) is 0 Å². The smallest absolute Gasteiger partial charge is 0.273 e. The Morgan fingerprint density at radius 2 is 1.70 bits per heavy atom. The largest absolute Gasteiger partial charge is 0.491 e. The lowest BCUT2D eigenvalue weighted by Crippen LogP contribution is -2.37. The number of para-hydroxylation sites is 1. The number of benzene rings is 2. The summed E-state index contributed by atoms with van der Waals surface area (Å²) in [6.07, 6.45) is 0. The molecule has 7 heteroatoms. The van der Waals surface area contributed by atoms with Gasteiger partial charge in [0, 0.05) is 0 Å². The lowest BCUT2D eigenvalue weighted by atomic mass is 10.1. The van der Waals surface area contributed by atoms with Crippen molar-refractivity contribution in [3.05, 3.63) is 74.3 Å². The fraction of sp³-hybridized carbons (Fsp3) is 0.250. The molecule has 0 radical (unpaired) electrons. The van der Waals surface area contributed by atoms with Crippen molar-refractivity contribution in [3.8, 4) is 5.75 Å². The number of H-pyrrole nitrogens is 1. The Morgan fingerprint density at radius 1 is 1.04 bits per heavy atom. The first-order chi connectivity index (χ1) is 13.0. The molecule has 27 heavy (non-hydrogen) atoms. The Balaban J connectivity index is 1.60. The number of aryl methyl sites for hydroxylation is 2. The van der Waals surface area contributed by atoms with Crippen LogP contribution in [0.4, 0.5) is 0 Å². The van der Waals surface area contributed by atoms with Crippen LogP contribution in [0.3, 0.4) is 0 Å². The van der Waals surface area contributed by atoms with Gasteiger partial charge in [-0.3, -0.25) is 19.5 Å². The molecule has 0 aliphatic rings. The number of aromatic nitrogens is 2. The van der Waals surface area contributed by atoms with Crippen LogP contribution in [0.1, 0.15) is 11.1 Å². The van der Waals surface area contributed by atoms with Crippen LogP contribution in [0.2, 0.25) is 0 Å². The van der Waals surface area contributed by atoms with Gasteiger partial charge in [-0.25, -0.2) is 4.68 Å². The number of amides is 1. The topological polar surface area (TPSA) is 93.2 Å². The summed E-state index contributed by atoms with van der Waals surface area (Å²) in [7, 11) is 0. The number of rotatable bonds is 6. The number of hydrogen-bond acceptors (Lipinski definition) is 4. The standard InChI is InChI=1S/C20H21N3O4/c1-13-6-5-7-14(2)18(13)27-11-10-21-17(24)12-23-20(26)16-9-4-3-8-15(16)19(25)22-23/h3-9H,10-12H2,1-2H3,(H,21,24)(H,22,25). The molecule has 0 unspecified atom stereocenters. The number of carbonyl (C=O) groups is 1. The first-order valence-electron chi connectivity index (χ1n) is 8.65. The molecule has 2 N–H and O–H groups in total. The Hall–Kier alpha value is -3.35. The maximum absolute atomic E-state index is 12.4. The number of nitrogens with one attached hydrogen (secondary N) is 2. The summed E-state index contributed by atoms with van der Waals surface area (Å²) >= 11 is 0. The van der Waals surface area contributed by atoms with Gasteiger partial charge in [0.15, 0.2) is 0 Å². The van der Waals surface area contributed by atoms with Crippen LogP contribution in [0.15, 0.2) is 52.1 Å². The maximum atomic E-state index is 12.4.